The van der Waals surface area contributed by atoms with Gasteiger partial charge in [-0.2, -0.15) is 0 Å². The first kappa shape index (κ1) is 15.9. The summed E-state index contributed by atoms with van der Waals surface area (Å²) in [6.45, 7) is 5.08. The van der Waals surface area contributed by atoms with Crippen LogP contribution in [-0.2, 0) is 9.47 Å². The van der Waals surface area contributed by atoms with Crippen molar-refractivity contribution in [2.24, 2.45) is 5.92 Å². The number of hydrogen-bond donors (Lipinski definition) is 0. The molecule has 1 aromatic heterocycles. The van der Waals surface area contributed by atoms with E-state index in [9.17, 15) is 4.79 Å². The average Bonchev–Trinajstić information content (AvgIpc) is 3.12. The first-order chi connectivity index (χ1) is 10.6. The Morgan fingerprint density at radius 1 is 1.55 bits per heavy atom. The van der Waals surface area contributed by atoms with Crippen LogP contribution >= 0.6 is 11.3 Å². The van der Waals surface area contributed by atoms with Crippen LogP contribution in [0.5, 0.6) is 0 Å². The fourth-order valence-electron chi connectivity index (χ4n) is 3.72. The molecule has 0 radical (unpaired) electrons. The lowest BCUT2D eigenvalue weighted by Crippen LogP contribution is -2.49. The number of aromatic nitrogens is 1. The molecule has 2 aliphatic rings. The van der Waals surface area contributed by atoms with Gasteiger partial charge in [-0.3, -0.25) is 4.79 Å². The van der Waals surface area contributed by atoms with Crippen molar-refractivity contribution in [3.05, 3.63) is 16.1 Å². The molecule has 2 aliphatic heterocycles. The van der Waals surface area contributed by atoms with Crippen molar-refractivity contribution in [1.82, 2.24) is 9.88 Å². The Labute approximate surface area is 135 Å². The van der Waals surface area contributed by atoms with Crippen LogP contribution in [0.15, 0.2) is 5.38 Å². The molecule has 0 aromatic carbocycles. The zero-order valence-electron chi connectivity index (χ0n) is 13.3. The Morgan fingerprint density at radius 3 is 2.95 bits per heavy atom. The van der Waals surface area contributed by atoms with Crippen molar-refractivity contribution in [2.45, 2.75) is 38.2 Å². The van der Waals surface area contributed by atoms with Crippen molar-refractivity contribution in [3.8, 4) is 0 Å². The lowest BCUT2D eigenvalue weighted by atomic mass is 9.78. The Balaban J connectivity index is 1.61. The average molecular weight is 324 g/mol. The van der Waals surface area contributed by atoms with E-state index in [-0.39, 0.29) is 11.5 Å². The lowest BCUT2D eigenvalue weighted by Gasteiger charge is -2.42. The van der Waals surface area contributed by atoms with E-state index in [4.69, 9.17) is 9.47 Å². The number of ether oxygens (including phenoxy) is 2. The first-order valence-corrected chi connectivity index (χ1v) is 8.87. The molecule has 3 rings (SSSR count). The van der Waals surface area contributed by atoms with E-state index in [2.05, 4.69) is 4.98 Å². The Bertz CT molecular complexity index is 523. The van der Waals surface area contributed by atoms with Crippen molar-refractivity contribution < 1.29 is 14.3 Å². The molecule has 1 amide bonds. The molecule has 0 unspecified atom stereocenters. The Hall–Kier alpha value is -0.980. The summed E-state index contributed by atoms with van der Waals surface area (Å²) in [4.78, 5) is 18.7. The van der Waals surface area contributed by atoms with Crippen molar-refractivity contribution in [1.29, 1.82) is 0 Å². The summed E-state index contributed by atoms with van der Waals surface area (Å²) in [5.41, 5.74) is 0.551. The van der Waals surface area contributed by atoms with Crippen LogP contribution in [0.1, 0.15) is 41.2 Å². The molecule has 5 nitrogen and oxygen atoms in total. The van der Waals surface area contributed by atoms with E-state index in [1.54, 1.807) is 7.11 Å². The predicted molar refractivity (Wildman–Crippen MR) is 85.3 cm³/mol. The molecule has 0 N–H and O–H groups in total. The predicted octanol–water partition coefficient (Wildman–Crippen LogP) is 2.50. The van der Waals surface area contributed by atoms with Gasteiger partial charge in [0.15, 0.2) is 0 Å². The number of amides is 1. The van der Waals surface area contributed by atoms with Crippen LogP contribution in [0.4, 0.5) is 0 Å². The third-order valence-corrected chi connectivity index (χ3v) is 5.78. The van der Waals surface area contributed by atoms with E-state index in [0.717, 1.165) is 57.0 Å². The molecular weight excluding hydrogens is 300 g/mol. The highest BCUT2D eigenvalue weighted by atomic mass is 32.1. The van der Waals surface area contributed by atoms with Gasteiger partial charge >= 0.3 is 0 Å². The first-order valence-electron chi connectivity index (χ1n) is 7.99. The van der Waals surface area contributed by atoms with Crippen LogP contribution in [0, 0.1) is 12.8 Å². The van der Waals surface area contributed by atoms with Gasteiger partial charge in [-0.25, -0.2) is 4.98 Å². The second-order valence-electron chi connectivity index (χ2n) is 6.22. The highest BCUT2D eigenvalue weighted by Gasteiger charge is 2.46. The maximum atomic E-state index is 12.5. The van der Waals surface area contributed by atoms with Gasteiger partial charge in [-0.1, -0.05) is 0 Å². The minimum atomic E-state index is -0.0344. The number of rotatable bonds is 4. The molecule has 6 heteroatoms. The molecule has 1 spiro atoms. The fourth-order valence-corrected chi connectivity index (χ4v) is 4.30. The third kappa shape index (κ3) is 3.05. The number of nitrogens with zero attached hydrogens (tertiary/aromatic N) is 2. The molecule has 1 aromatic rings. The summed E-state index contributed by atoms with van der Waals surface area (Å²) in [6, 6.07) is 0. The molecule has 0 saturated carbocycles. The zero-order valence-corrected chi connectivity index (χ0v) is 14.2. The van der Waals surface area contributed by atoms with E-state index < -0.39 is 0 Å². The molecule has 0 bridgehead atoms. The minimum Gasteiger partial charge on any atom is -0.385 e. The van der Waals surface area contributed by atoms with Crippen LogP contribution in [0.2, 0.25) is 0 Å². The largest absolute Gasteiger partial charge is 0.385 e. The summed E-state index contributed by atoms with van der Waals surface area (Å²) < 4.78 is 11.4. The van der Waals surface area contributed by atoms with Crippen molar-refractivity contribution in [3.63, 3.8) is 0 Å². The van der Waals surface area contributed by atoms with Gasteiger partial charge in [0, 0.05) is 38.8 Å². The molecule has 122 valence electrons. The van der Waals surface area contributed by atoms with Gasteiger partial charge in [0.2, 0.25) is 0 Å². The number of aryl methyl sites for hydroxylation is 1. The summed E-state index contributed by atoms with van der Waals surface area (Å²) in [5.74, 6) is 0.622. The molecule has 1 atom stereocenters. The van der Waals surface area contributed by atoms with Gasteiger partial charge in [0.25, 0.3) is 5.91 Å². The molecule has 2 fully saturated rings. The van der Waals surface area contributed by atoms with Crippen LogP contribution in [0.3, 0.4) is 0 Å². The lowest BCUT2D eigenvalue weighted by molar-refractivity contribution is -0.0662. The molecule has 3 heterocycles. The number of hydrogen-bond acceptors (Lipinski definition) is 5. The molecule has 0 aliphatic carbocycles. The minimum absolute atomic E-state index is 0.0344. The van der Waals surface area contributed by atoms with Crippen molar-refractivity contribution in [2.75, 3.05) is 33.4 Å². The Morgan fingerprint density at radius 2 is 2.32 bits per heavy atom. The number of carbonyl (C=O) groups is 1. The third-order valence-electron chi connectivity index (χ3n) is 5.01. The van der Waals surface area contributed by atoms with E-state index in [1.165, 1.54) is 11.3 Å². The van der Waals surface area contributed by atoms with E-state index >= 15 is 0 Å². The van der Waals surface area contributed by atoms with E-state index in [1.807, 2.05) is 17.2 Å². The second-order valence-corrected chi connectivity index (χ2v) is 7.29. The standard InChI is InChI=1S/C16H24N2O3S/c1-12-17-14(11-22-12)15(19)18-7-5-16(6-8-18)13(3-9-20-2)4-10-21-16/h11,13H,3-10H2,1-2H3/t13-/m1/s1. The molecule has 22 heavy (non-hydrogen) atoms. The number of carbonyl (C=O) groups excluding carboxylic acids is 1. The summed E-state index contributed by atoms with van der Waals surface area (Å²) in [7, 11) is 1.75. The van der Waals surface area contributed by atoms with Gasteiger partial charge in [-0.05, 0) is 38.5 Å². The topological polar surface area (TPSA) is 51.7 Å². The van der Waals surface area contributed by atoms with Crippen LogP contribution < -0.4 is 0 Å². The van der Waals surface area contributed by atoms with Gasteiger partial charge in [0.1, 0.15) is 5.69 Å². The fraction of sp³-hybridized carbons (Fsp3) is 0.750. The quantitative estimate of drug-likeness (QED) is 0.854. The van der Waals surface area contributed by atoms with E-state index in [0.29, 0.717) is 11.6 Å². The highest BCUT2D eigenvalue weighted by Crippen LogP contribution is 2.42. The van der Waals surface area contributed by atoms with Crippen molar-refractivity contribution >= 4 is 17.2 Å². The maximum absolute atomic E-state index is 12.5. The number of thiazole rings is 1. The van der Waals surface area contributed by atoms with Crippen LogP contribution in [0.25, 0.3) is 0 Å². The molecular formula is C16H24N2O3S. The second kappa shape index (κ2) is 6.64. The van der Waals surface area contributed by atoms with Gasteiger partial charge in [0.05, 0.1) is 10.6 Å². The van der Waals surface area contributed by atoms with Gasteiger partial charge < -0.3 is 14.4 Å². The maximum Gasteiger partial charge on any atom is 0.273 e. The summed E-state index contributed by atoms with van der Waals surface area (Å²) >= 11 is 1.53. The number of piperidine rings is 1. The summed E-state index contributed by atoms with van der Waals surface area (Å²) in [5, 5.41) is 2.80. The number of likely N-dealkylation sites (tertiary alicyclic amines) is 1. The normalized spacial score (nSPS) is 24.1. The molecule has 2 saturated heterocycles. The van der Waals surface area contributed by atoms with Gasteiger partial charge in [-0.15, -0.1) is 11.3 Å². The Kier molecular flexibility index (Phi) is 4.80. The highest BCUT2D eigenvalue weighted by molar-refractivity contribution is 7.09. The SMILES string of the molecule is COCC[C@@H]1CCOC12CCN(C(=O)c1csc(C)n1)CC2. The smallest absolute Gasteiger partial charge is 0.273 e. The zero-order chi connectivity index (χ0) is 15.6. The monoisotopic (exact) mass is 324 g/mol. The van der Waals surface area contributed by atoms with Crippen LogP contribution in [-0.4, -0.2) is 54.8 Å². The summed E-state index contributed by atoms with van der Waals surface area (Å²) in [6.07, 6.45) is 4.02. The number of methoxy groups -OCH3 is 1.